The number of nitrogens with one attached hydrogen (secondary N) is 2. The lowest BCUT2D eigenvalue weighted by Crippen LogP contribution is -2.26. The Balaban J connectivity index is 2.32. The Kier molecular flexibility index (Phi) is 6.78. The molecule has 2 aromatic rings. The fraction of sp³-hybridized carbons (Fsp3) is 0.333. The highest BCUT2D eigenvalue weighted by molar-refractivity contribution is 5.98. The Bertz CT molecular complexity index is 759. The van der Waals surface area contributed by atoms with E-state index in [1.54, 1.807) is 25.3 Å². The summed E-state index contributed by atoms with van der Waals surface area (Å²) in [7, 11) is 1.55. The Morgan fingerprint density at radius 2 is 1.77 bits per heavy atom. The summed E-state index contributed by atoms with van der Waals surface area (Å²) in [6.07, 6.45) is 0.885. The Labute approximate surface area is 154 Å². The van der Waals surface area contributed by atoms with Crippen molar-refractivity contribution >= 4 is 23.2 Å². The molecule has 0 saturated carbocycles. The zero-order chi connectivity index (χ0) is 19.1. The highest BCUT2D eigenvalue weighted by atomic mass is 16.5. The van der Waals surface area contributed by atoms with Gasteiger partial charge in [0, 0.05) is 12.6 Å². The van der Waals surface area contributed by atoms with Crippen molar-refractivity contribution in [1.82, 2.24) is 0 Å². The number of hydrogen-bond acceptors (Lipinski definition) is 3. The highest BCUT2D eigenvalue weighted by Crippen LogP contribution is 2.32. The van der Waals surface area contributed by atoms with E-state index in [4.69, 9.17) is 4.74 Å². The van der Waals surface area contributed by atoms with Gasteiger partial charge in [0.25, 0.3) is 0 Å². The van der Waals surface area contributed by atoms with Gasteiger partial charge >= 0.3 is 0 Å². The van der Waals surface area contributed by atoms with Crippen molar-refractivity contribution in [2.75, 3.05) is 17.7 Å². The summed E-state index contributed by atoms with van der Waals surface area (Å²) in [6.45, 7) is 5.59. The molecule has 2 aromatic carbocycles. The van der Waals surface area contributed by atoms with Crippen molar-refractivity contribution in [3.05, 3.63) is 54.1 Å². The molecule has 5 heteroatoms. The van der Waals surface area contributed by atoms with Crippen molar-refractivity contribution in [2.45, 2.75) is 33.1 Å². The first-order valence-corrected chi connectivity index (χ1v) is 8.77. The third-order valence-corrected chi connectivity index (χ3v) is 4.43. The monoisotopic (exact) mass is 354 g/mol. The smallest absolute Gasteiger partial charge is 0.232 e. The van der Waals surface area contributed by atoms with E-state index >= 15 is 0 Å². The number of methoxy groups -OCH3 is 1. The summed E-state index contributed by atoms with van der Waals surface area (Å²) >= 11 is 0. The van der Waals surface area contributed by atoms with Crippen molar-refractivity contribution < 1.29 is 14.3 Å². The van der Waals surface area contributed by atoms with Crippen LogP contribution in [0.15, 0.2) is 48.5 Å². The molecule has 0 aliphatic carbocycles. The van der Waals surface area contributed by atoms with E-state index in [2.05, 4.69) is 24.5 Å². The number of carbonyl (C=O) groups excluding carboxylic acids is 2. The predicted molar refractivity (Wildman–Crippen MR) is 105 cm³/mol. The van der Waals surface area contributed by atoms with Gasteiger partial charge < -0.3 is 15.4 Å². The zero-order valence-corrected chi connectivity index (χ0v) is 15.7. The fourth-order valence-corrected chi connectivity index (χ4v) is 2.93. The molecule has 0 fully saturated rings. The molecule has 2 atom stereocenters. The average molecular weight is 354 g/mol. The number of amides is 2. The maximum absolute atomic E-state index is 13.1. The Morgan fingerprint density at radius 1 is 1.08 bits per heavy atom. The summed E-state index contributed by atoms with van der Waals surface area (Å²) in [5, 5.41) is 5.69. The molecule has 5 nitrogen and oxygen atoms in total. The average Bonchev–Trinajstić information content (AvgIpc) is 2.62. The van der Waals surface area contributed by atoms with Gasteiger partial charge in [-0.25, -0.2) is 0 Å². The lowest BCUT2D eigenvalue weighted by molar-refractivity contribution is -0.118. The van der Waals surface area contributed by atoms with Gasteiger partial charge in [0.15, 0.2) is 0 Å². The molecule has 26 heavy (non-hydrogen) atoms. The molecule has 2 N–H and O–H groups in total. The third kappa shape index (κ3) is 4.85. The van der Waals surface area contributed by atoms with E-state index in [0.717, 1.165) is 12.0 Å². The molecule has 138 valence electrons. The van der Waals surface area contributed by atoms with Crippen LogP contribution in [0.5, 0.6) is 5.75 Å². The molecule has 2 unspecified atom stereocenters. The minimum Gasteiger partial charge on any atom is -0.495 e. The van der Waals surface area contributed by atoms with Gasteiger partial charge in [-0.1, -0.05) is 50.6 Å². The van der Waals surface area contributed by atoms with E-state index in [0.29, 0.717) is 17.1 Å². The number of anilines is 2. The molecule has 0 aliphatic rings. The quantitative estimate of drug-likeness (QED) is 0.773. The van der Waals surface area contributed by atoms with Crippen LogP contribution >= 0.6 is 0 Å². The predicted octanol–water partition coefficient (Wildman–Crippen LogP) is 4.42. The van der Waals surface area contributed by atoms with Gasteiger partial charge in [0.05, 0.1) is 18.7 Å². The molecule has 0 radical (unpaired) electrons. The van der Waals surface area contributed by atoms with Gasteiger partial charge in [-0.05, 0) is 29.7 Å². The van der Waals surface area contributed by atoms with Crippen molar-refractivity contribution in [3.8, 4) is 5.75 Å². The second-order valence-electron chi connectivity index (χ2n) is 6.36. The largest absolute Gasteiger partial charge is 0.495 e. The van der Waals surface area contributed by atoms with Crippen LogP contribution in [0.3, 0.4) is 0 Å². The minimum atomic E-state index is -0.268. The van der Waals surface area contributed by atoms with E-state index in [1.165, 1.54) is 6.92 Å². The van der Waals surface area contributed by atoms with Crippen LogP contribution in [-0.4, -0.2) is 18.9 Å². The molecule has 0 saturated heterocycles. The molecule has 0 heterocycles. The first-order valence-electron chi connectivity index (χ1n) is 8.77. The second kappa shape index (κ2) is 9.04. The van der Waals surface area contributed by atoms with Crippen LogP contribution in [0, 0.1) is 5.92 Å². The van der Waals surface area contributed by atoms with Gasteiger partial charge in [-0.3, -0.25) is 9.59 Å². The summed E-state index contributed by atoms with van der Waals surface area (Å²) in [6, 6.07) is 14.9. The van der Waals surface area contributed by atoms with E-state index in [9.17, 15) is 9.59 Å². The van der Waals surface area contributed by atoms with Crippen molar-refractivity contribution in [2.24, 2.45) is 5.92 Å². The number of ether oxygens (including phenoxy) is 1. The molecule has 0 bridgehead atoms. The molecule has 2 amide bonds. The standard InChI is InChI=1S/C21H26N2O3/c1-5-14(2)20(16-9-7-6-8-10-16)21(25)23-18-13-17(22-15(3)24)11-12-19(18)26-4/h6-14,20H,5H2,1-4H3,(H,22,24)(H,23,25). The van der Waals surface area contributed by atoms with Gasteiger partial charge in [0.1, 0.15) is 5.75 Å². The normalized spacial score (nSPS) is 12.8. The van der Waals surface area contributed by atoms with E-state index in [-0.39, 0.29) is 23.7 Å². The van der Waals surface area contributed by atoms with Gasteiger partial charge in [0.2, 0.25) is 11.8 Å². The summed E-state index contributed by atoms with van der Waals surface area (Å²) in [5.41, 5.74) is 2.12. The Morgan fingerprint density at radius 3 is 2.35 bits per heavy atom. The van der Waals surface area contributed by atoms with Crippen LogP contribution in [-0.2, 0) is 9.59 Å². The summed E-state index contributed by atoms with van der Waals surface area (Å²) in [4.78, 5) is 24.4. The maximum Gasteiger partial charge on any atom is 0.232 e. The van der Waals surface area contributed by atoms with Crippen LogP contribution in [0.4, 0.5) is 11.4 Å². The van der Waals surface area contributed by atoms with Crippen LogP contribution in [0.1, 0.15) is 38.7 Å². The molecule has 0 aliphatic heterocycles. The summed E-state index contributed by atoms with van der Waals surface area (Å²) < 4.78 is 5.35. The first-order chi connectivity index (χ1) is 12.5. The molecule has 0 spiro atoms. The Hall–Kier alpha value is -2.82. The SMILES string of the molecule is CCC(C)C(C(=O)Nc1cc(NC(C)=O)ccc1OC)c1ccccc1. The second-order valence-corrected chi connectivity index (χ2v) is 6.36. The van der Waals surface area contributed by atoms with Crippen LogP contribution in [0.2, 0.25) is 0 Å². The molecule has 2 rings (SSSR count). The minimum absolute atomic E-state index is 0.0937. The van der Waals surface area contributed by atoms with Crippen LogP contribution in [0.25, 0.3) is 0 Å². The topological polar surface area (TPSA) is 67.4 Å². The number of carbonyl (C=O) groups is 2. The first kappa shape index (κ1) is 19.5. The van der Waals surface area contributed by atoms with E-state index in [1.807, 2.05) is 30.3 Å². The summed E-state index contributed by atoms with van der Waals surface area (Å²) in [5.74, 6) is 0.193. The lowest BCUT2D eigenvalue weighted by Gasteiger charge is -2.23. The maximum atomic E-state index is 13.1. The van der Waals surface area contributed by atoms with Gasteiger partial charge in [-0.2, -0.15) is 0 Å². The number of benzene rings is 2. The lowest BCUT2D eigenvalue weighted by atomic mass is 9.85. The van der Waals surface area contributed by atoms with Gasteiger partial charge in [-0.15, -0.1) is 0 Å². The molecular weight excluding hydrogens is 328 g/mol. The third-order valence-electron chi connectivity index (χ3n) is 4.43. The van der Waals surface area contributed by atoms with E-state index < -0.39 is 0 Å². The van der Waals surface area contributed by atoms with Crippen molar-refractivity contribution in [3.63, 3.8) is 0 Å². The molecule has 0 aromatic heterocycles. The number of hydrogen-bond donors (Lipinski definition) is 2. The zero-order valence-electron chi connectivity index (χ0n) is 15.7. The highest BCUT2D eigenvalue weighted by Gasteiger charge is 2.26. The fourth-order valence-electron chi connectivity index (χ4n) is 2.93. The molecular formula is C21H26N2O3. The van der Waals surface area contributed by atoms with Crippen LogP contribution < -0.4 is 15.4 Å². The van der Waals surface area contributed by atoms with Crippen molar-refractivity contribution in [1.29, 1.82) is 0 Å². The number of rotatable bonds is 7.